The zero-order chi connectivity index (χ0) is 17.2. The van der Waals surface area contributed by atoms with Crippen LogP contribution in [0.4, 0.5) is 0 Å². The number of aryl methyl sites for hydroxylation is 2. The van der Waals surface area contributed by atoms with Gasteiger partial charge in [0.2, 0.25) is 0 Å². The van der Waals surface area contributed by atoms with Crippen LogP contribution in [0, 0.1) is 19.3 Å². The number of phenolic OH excluding ortho intramolecular Hbond substituents is 1. The molecule has 0 spiro atoms. The molecule has 3 heteroatoms. The van der Waals surface area contributed by atoms with Gasteiger partial charge >= 0.3 is 5.97 Å². The van der Waals surface area contributed by atoms with Crippen LogP contribution in [-0.2, 0) is 4.79 Å². The zero-order valence-corrected chi connectivity index (χ0v) is 14.4. The minimum absolute atomic E-state index is 0.212. The van der Waals surface area contributed by atoms with Crippen LogP contribution in [0.25, 0.3) is 11.1 Å². The molecule has 0 heterocycles. The van der Waals surface area contributed by atoms with Crippen molar-refractivity contribution in [3.63, 3.8) is 0 Å². The van der Waals surface area contributed by atoms with Crippen LogP contribution in [-0.4, -0.2) is 11.1 Å². The molecule has 0 aliphatic rings. The molecule has 0 saturated heterocycles. The van der Waals surface area contributed by atoms with Gasteiger partial charge in [-0.25, -0.2) is 0 Å². The Hall–Kier alpha value is -2.29. The van der Waals surface area contributed by atoms with Crippen molar-refractivity contribution in [1.29, 1.82) is 0 Å². The van der Waals surface area contributed by atoms with Crippen molar-refractivity contribution in [3.05, 3.63) is 47.5 Å². The first-order valence-electron chi connectivity index (χ1n) is 7.87. The molecule has 0 atom stereocenters. The van der Waals surface area contributed by atoms with Gasteiger partial charge in [0.1, 0.15) is 11.5 Å². The molecule has 122 valence electrons. The van der Waals surface area contributed by atoms with E-state index in [0.717, 1.165) is 28.7 Å². The summed E-state index contributed by atoms with van der Waals surface area (Å²) in [5.74, 6) is 0.671. The van der Waals surface area contributed by atoms with Gasteiger partial charge < -0.3 is 9.84 Å². The molecule has 2 rings (SSSR count). The van der Waals surface area contributed by atoms with E-state index in [-0.39, 0.29) is 11.7 Å². The fraction of sp³-hybridized carbons (Fsp3) is 0.350. The molecule has 23 heavy (non-hydrogen) atoms. The Morgan fingerprint density at radius 1 is 1.04 bits per heavy atom. The van der Waals surface area contributed by atoms with Gasteiger partial charge in [0, 0.05) is 0 Å². The van der Waals surface area contributed by atoms with Gasteiger partial charge in [-0.05, 0) is 80.6 Å². The molecule has 3 nitrogen and oxygen atoms in total. The summed E-state index contributed by atoms with van der Waals surface area (Å²) in [6, 6.07) is 11.3. The van der Waals surface area contributed by atoms with Crippen LogP contribution in [0.1, 0.15) is 38.3 Å². The van der Waals surface area contributed by atoms with Crippen molar-refractivity contribution >= 4 is 5.97 Å². The number of ether oxygens (including phenoxy) is 1. The first-order chi connectivity index (χ1) is 10.7. The van der Waals surface area contributed by atoms with Crippen molar-refractivity contribution in [1.82, 2.24) is 0 Å². The number of carbonyl (C=O) groups excluding carboxylic acids is 1. The van der Waals surface area contributed by atoms with Crippen molar-refractivity contribution < 1.29 is 14.6 Å². The fourth-order valence-electron chi connectivity index (χ4n) is 2.16. The van der Waals surface area contributed by atoms with E-state index in [1.807, 2.05) is 65.0 Å². The highest BCUT2D eigenvalue weighted by molar-refractivity contribution is 5.79. The molecule has 0 radical (unpaired) electrons. The minimum atomic E-state index is -0.487. The van der Waals surface area contributed by atoms with Gasteiger partial charge in [-0.3, -0.25) is 4.79 Å². The van der Waals surface area contributed by atoms with Gasteiger partial charge in [-0.2, -0.15) is 0 Å². The van der Waals surface area contributed by atoms with Crippen molar-refractivity contribution in [3.8, 4) is 22.6 Å². The summed E-state index contributed by atoms with van der Waals surface area (Å²) in [5, 5.41) is 9.63. The zero-order valence-electron chi connectivity index (χ0n) is 14.4. The van der Waals surface area contributed by atoms with Gasteiger partial charge in [-0.15, -0.1) is 0 Å². The van der Waals surface area contributed by atoms with Gasteiger partial charge in [0.05, 0.1) is 5.41 Å². The number of aromatic hydroxyl groups is 1. The van der Waals surface area contributed by atoms with E-state index < -0.39 is 5.41 Å². The van der Waals surface area contributed by atoms with E-state index in [1.165, 1.54) is 0 Å². The highest BCUT2D eigenvalue weighted by Gasteiger charge is 2.28. The third-order valence-electron chi connectivity index (χ3n) is 4.34. The SMILES string of the molecule is CCC(C)(C)C(=O)Oc1ccc(-c2ccc(O)c(C)c2)cc1C. The Bertz CT molecular complexity index is 730. The summed E-state index contributed by atoms with van der Waals surface area (Å²) in [7, 11) is 0. The lowest BCUT2D eigenvalue weighted by Crippen LogP contribution is -2.28. The van der Waals surface area contributed by atoms with Crippen LogP contribution < -0.4 is 4.74 Å². The Morgan fingerprint density at radius 2 is 1.61 bits per heavy atom. The molecule has 0 saturated carbocycles. The van der Waals surface area contributed by atoms with Crippen molar-refractivity contribution in [2.24, 2.45) is 5.41 Å². The Kier molecular flexibility index (Phi) is 4.79. The fourth-order valence-corrected chi connectivity index (χ4v) is 2.16. The Morgan fingerprint density at radius 3 is 2.13 bits per heavy atom. The molecule has 0 aliphatic heterocycles. The van der Waals surface area contributed by atoms with Gasteiger partial charge in [-0.1, -0.05) is 19.1 Å². The molecule has 0 amide bonds. The molecule has 0 fully saturated rings. The maximum atomic E-state index is 12.2. The van der Waals surface area contributed by atoms with E-state index in [4.69, 9.17) is 4.74 Å². The van der Waals surface area contributed by atoms with Gasteiger partial charge in [0.25, 0.3) is 0 Å². The average Bonchev–Trinajstić information content (AvgIpc) is 2.51. The molecule has 0 unspecified atom stereocenters. The standard InChI is InChI=1S/C20H24O3/c1-6-20(4,5)19(22)23-18-10-8-16(12-14(18)3)15-7-9-17(21)13(2)11-15/h7-12,21H,6H2,1-5H3. The predicted octanol–water partition coefficient (Wildman–Crippen LogP) is 5.02. The highest BCUT2D eigenvalue weighted by atomic mass is 16.5. The van der Waals surface area contributed by atoms with Crippen molar-refractivity contribution in [2.45, 2.75) is 41.0 Å². The molecule has 0 aromatic heterocycles. The molecule has 0 bridgehead atoms. The van der Waals surface area contributed by atoms with Crippen LogP contribution in [0.15, 0.2) is 36.4 Å². The van der Waals surface area contributed by atoms with E-state index in [2.05, 4.69) is 0 Å². The molecule has 2 aromatic carbocycles. The van der Waals surface area contributed by atoms with Crippen LogP contribution in [0.3, 0.4) is 0 Å². The second kappa shape index (κ2) is 6.45. The monoisotopic (exact) mass is 312 g/mol. The lowest BCUT2D eigenvalue weighted by atomic mass is 9.90. The van der Waals surface area contributed by atoms with E-state index in [0.29, 0.717) is 5.75 Å². The summed E-state index contributed by atoms with van der Waals surface area (Å²) in [6.45, 7) is 9.55. The highest BCUT2D eigenvalue weighted by Crippen LogP contribution is 2.30. The van der Waals surface area contributed by atoms with Crippen LogP contribution >= 0.6 is 0 Å². The maximum absolute atomic E-state index is 12.2. The second-order valence-electron chi connectivity index (χ2n) is 6.61. The van der Waals surface area contributed by atoms with Gasteiger partial charge in [0.15, 0.2) is 0 Å². The van der Waals surface area contributed by atoms with Crippen LogP contribution in [0.2, 0.25) is 0 Å². The third-order valence-corrected chi connectivity index (χ3v) is 4.34. The summed E-state index contributed by atoms with van der Waals surface area (Å²) in [4.78, 5) is 12.2. The summed E-state index contributed by atoms with van der Waals surface area (Å²) >= 11 is 0. The smallest absolute Gasteiger partial charge is 0.316 e. The van der Waals surface area contributed by atoms with Crippen molar-refractivity contribution in [2.75, 3.05) is 0 Å². The topological polar surface area (TPSA) is 46.5 Å². The molecule has 2 aromatic rings. The number of hydrogen-bond donors (Lipinski definition) is 1. The molecule has 0 aliphatic carbocycles. The maximum Gasteiger partial charge on any atom is 0.316 e. The largest absolute Gasteiger partial charge is 0.508 e. The number of benzene rings is 2. The second-order valence-corrected chi connectivity index (χ2v) is 6.61. The van der Waals surface area contributed by atoms with Crippen LogP contribution in [0.5, 0.6) is 11.5 Å². The normalized spacial score (nSPS) is 11.3. The van der Waals surface area contributed by atoms with E-state index in [1.54, 1.807) is 6.07 Å². The summed E-state index contributed by atoms with van der Waals surface area (Å²) in [5.41, 5.74) is 3.31. The summed E-state index contributed by atoms with van der Waals surface area (Å²) in [6.07, 6.45) is 0.732. The first-order valence-corrected chi connectivity index (χ1v) is 7.87. The predicted molar refractivity (Wildman–Crippen MR) is 92.7 cm³/mol. The van der Waals surface area contributed by atoms with E-state index >= 15 is 0 Å². The average molecular weight is 312 g/mol. The lowest BCUT2D eigenvalue weighted by Gasteiger charge is -2.21. The number of rotatable bonds is 4. The first kappa shape index (κ1) is 17.1. The molecular weight excluding hydrogens is 288 g/mol. The minimum Gasteiger partial charge on any atom is -0.508 e. The Balaban J connectivity index is 2.27. The lowest BCUT2D eigenvalue weighted by molar-refractivity contribution is -0.144. The number of phenols is 1. The van der Waals surface area contributed by atoms with E-state index in [9.17, 15) is 9.90 Å². The Labute approximate surface area is 137 Å². The quantitative estimate of drug-likeness (QED) is 0.637. The summed E-state index contributed by atoms with van der Waals surface area (Å²) < 4.78 is 5.56. The third kappa shape index (κ3) is 3.73. The molecular formula is C20H24O3. The number of esters is 1. The number of hydrogen-bond acceptors (Lipinski definition) is 3. The molecule has 1 N–H and O–H groups in total. The number of carbonyl (C=O) groups is 1.